The van der Waals surface area contributed by atoms with E-state index in [4.69, 9.17) is 0 Å². The van der Waals surface area contributed by atoms with Crippen molar-refractivity contribution in [2.75, 3.05) is 0 Å². The summed E-state index contributed by atoms with van der Waals surface area (Å²) in [6, 6.07) is 4.00. The first-order valence-electron chi connectivity index (χ1n) is 12.1. The molecule has 4 aliphatic carbocycles. The molecule has 1 aromatic rings. The van der Waals surface area contributed by atoms with Gasteiger partial charge in [0.1, 0.15) is 0 Å². The van der Waals surface area contributed by atoms with Crippen LogP contribution >= 0.6 is 0 Å². The van der Waals surface area contributed by atoms with E-state index in [1.54, 1.807) is 0 Å². The molecule has 3 nitrogen and oxygen atoms in total. The van der Waals surface area contributed by atoms with Gasteiger partial charge in [0.05, 0.1) is 11.7 Å². The minimum absolute atomic E-state index is 0.0650. The van der Waals surface area contributed by atoms with Gasteiger partial charge in [0.25, 0.3) is 0 Å². The third-order valence-corrected chi connectivity index (χ3v) is 10.6. The van der Waals surface area contributed by atoms with Crippen LogP contribution in [-0.2, 0) is 5.60 Å². The number of rotatable bonds is 2. The van der Waals surface area contributed by atoms with E-state index in [0.29, 0.717) is 17.3 Å². The van der Waals surface area contributed by atoms with Gasteiger partial charge in [-0.2, -0.15) is 0 Å². The van der Waals surface area contributed by atoms with Crippen molar-refractivity contribution in [3.63, 3.8) is 0 Å². The second-order valence-corrected chi connectivity index (χ2v) is 11.6. The molecule has 29 heavy (non-hydrogen) atoms. The quantitative estimate of drug-likeness (QED) is 0.711. The number of aliphatic hydroxyl groups excluding tert-OH is 1. The maximum Gasteiger partial charge on any atom is 0.0902 e. The topological polar surface area (TPSA) is 53.4 Å². The molecule has 9 atom stereocenters. The molecule has 0 amide bonds. The minimum Gasteiger partial charge on any atom is -0.393 e. The fraction of sp³-hybridized carbons (Fsp3) is 0.808. The van der Waals surface area contributed by atoms with Gasteiger partial charge in [-0.05, 0) is 123 Å². The summed E-state index contributed by atoms with van der Waals surface area (Å²) in [6.07, 6.45) is 14.4. The first-order chi connectivity index (χ1) is 13.8. The first kappa shape index (κ1) is 20.0. The van der Waals surface area contributed by atoms with Gasteiger partial charge in [-0.3, -0.25) is 4.98 Å². The van der Waals surface area contributed by atoms with Crippen molar-refractivity contribution in [2.24, 2.45) is 40.4 Å². The highest BCUT2D eigenvalue weighted by molar-refractivity contribution is 5.23. The third kappa shape index (κ3) is 2.86. The average molecular weight is 398 g/mol. The van der Waals surface area contributed by atoms with Crippen molar-refractivity contribution in [3.8, 4) is 0 Å². The maximum atomic E-state index is 11.7. The minimum atomic E-state index is -0.782. The Labute approximate surface area is 176 Å². The summed E-state index contributed by atoms with van der Waals surface area (Å²) in [5, 5.41) is 21.9. The number of aromatic nitrogens is 1. The summed E-state index contributed by atoms with van der Waals surface area (Å²) >= 11 is 0. The molecule has 4 fully saturated rings. The molecule has 1 aromatic heterocycles. The van der Waals surface area contributed by atoms with Crippen LogP contribution < -0.4 is 0 Å². The lowest BCUT2D eigenvalue weighted by Crippen LogP contribution is -2.55. The van der Waals surface area contributed by atoms with Gasteiger partial charge >= 0.3 is 0 Å². The van der Waals surface area contributed by atoms with Crippen LogP contribution in [0.15, 0.2) is 24.5 Å². The van der Waals surface area contributed by atoms with E-state index >= 15 is 0 Å². The standard InChI is InChI=1S/C26H39NO2/c1-24-12-8-19(28)16-18(24)4-5-20-21-6-7-23(25(21,2)13-9-22(20)24)26(3,29)17-10-14-27-15-11-17/h10-11,14-15,18-23,28-29H,4-9,12-13,16H2,1-3H3/t18-,19-,20-,21-,22-,23-,24-,25-,26?/m0/s1. The number of fused-ring (bicyclic) bond motifs is 5. The molecule has 5 rings (SSSR count). The Morgan fingerprint density at radius 2 is 1.62 bits per heavy atom. The number of aliphatic hydroxyl groups is 2. The molecule has 0 aliphatic heterocycles. The highest BCUT2D eigenvalue weighted by Gasteiger charge is 2.62. The fourth-order valence-electron chi connectivity index (χ4n) is 9.05. The number of hydrogen-bond acceptors (Lipinski definition) is 3. The predicted molar refractivity (Wildman–Crippen MR) is 115 cm³/mol. The smallest absolute Gasteiger partial charge is 0.0902 e. The van der Waals surface area contributed by atoms with Crippen molar-refractivity contribution in [1.29, 1.82) is 0 Å². The third-order valence-electron chi connectivity index (χ3n) is 10.6. The molecule has 0 radical (unpaired) electrons. The number of hydrogen-bond donors (Lipinski definition) is 2. The molecule has 2 N–H and O–H groups in total. The predicted octanol–water partition coefficient (Wildman–Crippen LogP) is 5.31. The SMILES string of the molecule is CC(O)(c1ccncc1)[C@H]1CC[C@H]2[C@@H]3CC[C@H]4C[C@@H](O)CC[C@]4(C)[C@H]3CC[C@]12C. The molecule has 0 spiro atoms. The van der Waals surface area contributed by atoms with Crippen LogP contribution in [0.5, 0.6) is 0 Å². The molecule has 1 heterocycles. The summed E-state index contributed by atoms with van der Waals surface area (Å²) in [4.78, 5) is 4.16. The Kier molecular flexibility index (Phi) is 4.68. The Balaban J connectivity index is 1.43. The van der Waals surface area contributed by atoms with Gasteiger partial charge in [0.2, 0.25) is 0 Å². The van der Waals surface area contributed by atoms with Gasteiger partial charge in [0, 0.05) is 12.4 Å². The lowest BCUT2D eigenvalue weighted by molar-refractivity contribution is -0.145. The molecular formula is C26H39NO2. The Morgan fingerprint density at radius 3 is 2.38 bits per heavy atom. The normalized spacial score (nSPS) is 48.9. The van der Waals surface area contributed by atoms with Gasteiger partial charge in [0.15, 0.2) is 0 Å². The lowest BCUT2D eigenvalue weighted by Gasteiger charge is -2.61. The Hall–Kier alpha value is -0.930. The summed E-state index contributed by atoms with van der Waals surface area (Å²) < 4.78 is 0. The van der Waals surface area contributed by atoms with E-state index in [0.717, 1.165) is 42.6 Å². The second-order valence-electron chi connectivity index (χ2n) is 11.6. The van der Waals surface area contributed by atoms with Crippen LogP contribution in [0, 0.1) is 40.4 Å². The van der Waals surface area contributed by atoms with Crippen molar-refractivity contribution in [3.05, 3.63) is 30.1 Å². The summed E-state index contributed by atoms with van der Waals surface area (Å²) in [5.74, 6) is 3.40. The summed E-state index contributed by atoms with van der Waals surface area (Å²) in [6.45, 7) is 7.11. The van der Waals surface area contributed by atoms with E-state index in [1.807, 2.05) is 31.5 Å². The largest absolute Gasteiger partial charge is 0.393 e. The van der Waals surface area contributed by atoms with E-state index in [-0.39, 0.29) is 11.5 Å². The highest BCUT2D eigenvalue weighted by Crippen LogP contribution is 2.69. The summed E-state index contributed by atoms with van der Waals surface area (Å²) in [5.41, 5.74) is 0.897. The fourth-order valence-corrected chi connectivity index (χ4v) is 9.05. The molecule has 4 saturated carbocycles. The number of pyridine rings is 1. The van der Waals surface area contributed by atoms with Crippen molar-refractivity contribution >= 4 is 0 Å². The second kappa shape index (κ2) is 6.79. The van der Waals surface area contributed by atoms with Crippen LogP contribution in [0.2, 0.25) is 0 Å². The Bertz CT molecular complexity index is 748. The van der Waals surface area contributed by atoms with Crippen molar-refractivity contribution in [2.45, 2.75) is 90.3 Å². The molecule has 160 valence electrons. The van der Waals surface area contributed by atoms with Crippen molar-refractivity contribution < 1.29 is 10.2 Å². The molecular weight excluding hydrogens is 358 g/mol. The lowest BCUT2D eigenvalue weighted by atomic mass is 9.44. The van der Waals surface area contributed by atoms with E-state index < -0.39 is 5.60 Å². The highest BCUT2D eigenvalue weighted by atomic mass is 16.3. The van der Waals surface area contributed by atoms with Crippen LogP contribution in [-0.4, -0.2) is 21.3 Å². The van der Waals surface area contributed by atoms with Gasteiger partial charge in [-0.1, -0.05) is 13.8 Å². The Morgan fingerprint density at radius 1 is 0.931 bits per heavy atom. The van der Waals surface area contributed by atoms with Gasteiger partial charge < -0.3 is 10.2 Å². The molecule has 0 bridgehead atoms. The number of nitrogens with zero attached hydrogens (tertiary/aromatic N) is 1. The molecule has 4 aliphatic rings. The molecule has 3 heteroatoms. The average Bonchev–Trinajstić information content (AvgIpc) is 3.07. The zero-order chi connectivity index (χ0) is 20.4. The van der Waals surface area contributed by atoms with E-state index in [2.05, 4.69) is 18.8 Å². The van der Waals surface area contributed by atoms with E-state index in [9.17, 15) is 10.2 Å². The zero-order valence-electron chi connectivity index (χ0n) is 18.5. The maximum absolute atomic E-state index is 11.7. The van der Waals surface area contributed by atoms with Gasteiger partial charge in [-0.15, -0.1) is 0 Å². The molecule has 1 unspecified atom stereocenters. The van der Waals surface area contributed by atoms with Crippen LogP contribution in [0.3, 0.4) is 0 Å². The van der Waals surface area contributed by atoms with Crippen LogP contribution in [0.1, 0.15) is 84.1 Å². The first-order valence-corrected chi connectivity index (χ1v) is 12.1. The van der Waals surface area contributed by atoms with Crippen molar-refractivity contribution in [1.82, 2.24) is 4.98 Å². The molecule has 0 aromatic carbocycles. The summed E-state index contributed by atoms with van der Waals surface area (Å²) in [7, 11) is 0. The zero-order valence-corrected chi connectivity index (χ0v) is 18.5. The van der Waals surface area contributed by atoms with Crippen LogP contribution in [0.4, 0.5) is 0 Å². The molecule has 0 saturated heterocycles. The monoisotopic (exact) mass is 397 g/mol. The van der Waals surface area contributed by atoms with Gasteiger partial charge in [-0.25, -0.2) is 0 Å². The van der Waals surface area contributed by atoms with E-state index in [1.165, 1.54) is 38.5 Å². The van der Waals surface area contributed by atoms with Crippen LogP contribution in [0.25, 0.3) is 0 Å².